The number of rotatable bonds is 13. The molecule has 0 saturated carbocycles. The molecule has 0 aliphatic rings. The number of halogens is 1. The van der Waals surface area contributed by atoms with Crippen LogP contribution < -0.4 is 14.4 Å². The van der Waals surface area contributed by atoms with E-state index in [-0.39, 0.29) is 28.7 Å². The van der Waals surface area contributed by atoms with Crippen molar-refractivity contribution >= 4 is 27.5 Å². The standard InChI is InChI=1S/C30H36FN3O5S/c1-5-22(3)32-30(36)23(4)33(20-24-12-10-11-15-28(24)31)29(35)21-34(25-16-18-26(19-17-25)39-6-2)40(37,38)27-13-8-7-9-14-27/h7-19,22-23H,5-6,20-21H2,1-4H3,(H,32,36)/t22-,23-/m1/s1. The fourth-order valence-corrected chi connectivity index (χ4v) is 5.42. The van der Waals surface area contributed by atoms with Gasteiger partial charge >= 0.3 is 0 Å². The average molecular weight is 570 g/mol. The molecule has 0 saturated heterocycles. The molecule has 8 nitrogen and oxygen atoms in total. The van der Waals surface area contributed by atoms with Crippen molar-refractivity contribution in [2.24, 2.45) is 0 Å². The van der Waals surface area contributed by atoms with Gasteiger partial charge in [-0.05, 0) is 69.7 Å². The Morgan fingerprint density at radius 3 is 2.15 bits per heavy atom. The molecule has 0 aromatic heterocycles. The molecule has 0 aliphatic heterocycles. The number of anilines is 1. The fraction of sp³-hybridized carbons (Fsp3) is 0.333. The van der Waals surface area contributed by atoms with E-state index in [0.29, 0.717) is 18.8 Å². The van der Waals surface area contributed by atoms with Crippen LogP contribution in [-0.4, -0.2) is 50.4 Å². The Labute approximate surface area is 235 Å². The summed E-state index contributed by atoms with van der Waals surface area (Å²) < 4.78 is 48.7. The lowest BCUT2D eigenvalue weighted by atomic mass is 10.1. The molecule has 1 N–H and O–H groups in total. The highest BCUT2D eigenvalue weighted by Gasteiger charge is 2.33. The minimum atomic E-state index is -4.19. The molecule has 0 heterocycles. The number of carbonyl (C=O) groups is 2. The maximum atomic E-state index is 14.6. The van der Waals surface area contributed by atoms with Gasteiger partial charge in [-0.25, -0.2) is 12.8 Å². The first-order valence-electron chi connectivity index (χ1n) is 13.2. The van der Waals surface area contributed by atoms with Crippen LogP contribution in [0.15, 0.2) is 83.8 Å². The van der Waals surface area contributed by atoms with Gasteiger partial charge in [0.1, 0.15) is 24.2 Å². The van der Waals surface area contributed by atoms with Crippen molar-refractivity contribution in [3.8, 4) is 5.75 Å². The summed E-state index contributed by atoms with van der Waals surface area (Å²) in [6, 6.07) is 19.0. The van der Waals surface area contributed by atoms with Crippen LogP contribution in [0.1, 0.15) is 39.7 Å². The smallest absolute Gasteiger partial charge is 0.264 e. The van der Waals surface area contributed by atoms with Crippen LogP contribution in [0.3, 0.4) is 0 Å². The Bertz CT molecular complexity index is 1380. The van der Waals surface area contributed by atoms with Crippen molar-refractivity contribution < 1.29 is 27.1 Å². The number of sulfonamides is 1. The highest BCUT2D eigenvalue weighted by Crippen LogP contribution is 2.26. The second-order valence-corrected chi connectivity index (χ2v) is 11.2. The molecule has 40 heavy (non-hydrogen) atoms. The molecule has 214 valence electrons. The second kappa shape index (κ2) is 13.9. The number of hydrogen-bond donors (Lipinski definition) is 1. The van der Waals surface area contributed by atoms with Crippen molar-refractivity contribution in [3.63, 3.8) is 0 Å². The number of amides is 2. The quantitative estimate of drug-likeness (QED) is 0.321. The third-order valence-electron chi connectivity index (χ3n) is 6.51. The first kappa shape index (κ1) is 30.6. The number of nitrogens with one attached hydrogen (secondary N) is 1. The van der Waals surface area contributed by atoms with Crippen molar-refractivity contribution in [2.75, 3.05) is 17.5 Å². The van der Waals surface area contributed by atoms with Crippen LogP contribution in [0.25, 0.3) is 0 Å². The van der Waals surface area contributed by atoms with E-state index in [1.54, 1.807) is 55.5 Å². The summed E-state index contributed by atoms with van der Waals surface area (Å²) in [5, 5.41) is 2.85. The molecule has 0 spiro atoms. The predicted molar refractivity (Wildman–Crippen MR) is 153 cm³/mol. The largest absolute Gasteiger partial charge is 0.494 e. The van der Waals surface area contributed by atoms with Crippen LogP contribution in [0.2, 0.25) is 0 Å². The number of nitrogens with zero attached hydrogens (tertiary/aromatic N) is 2. The van der Waals surface area contributed by atoms with Gasteiger partial charge in [-0.2, -0.15) is 0 Å². The summed E-state index contributed by atoms with van der Waals surface area (Å²) in [5.74, 6) is -1.07. The lowest BCUT2D eigenvalue weighted by Crippen LogP contribution is -2.52. The zero-order valence-corrected chi connectivity index (χ0v) is 24.0. The van der Waals surface area contributed by atoms with E-state index >= 15 is 0 Å². The average Bonchev–Trinajstić information content (AvgIpc) is 2.96. The molecule has 3 aromatic rings. The third kappa shape index (κ3) is 7.59. The molecule has 2 atom stereocenters. The lowest BCUT2D eigenvalue weighted by molar-refractivity contribution is -0.139. The number of carbonyl (C=O) groups excluding carboxylic acids is 2. The van der Waals surface area contributed by atoms with E-state index in [1.807, 2.05) is 20.8 Å². The van der Waals surface area contributed by atoms with Gasteiger partial charge in [-0.3, -0.25) is 13.9 Å². The van der Waals surface area contributed by atoms with E-state index in [9.17, 15) is 22.4 Å². The highest BCUT2D eigenvalue weighted by molar-refractivity contribution is 7.92. The van der Waals surface area contributed by atoms with E-state index in [0.717, 1.165) is 4.31 Å². The van der Waals surface area contributed by atoms with Gasteiger partial charge in [-0.1, -0.05) is 43.3 Å². The zero-order valence-electron chi connectivity index (χ0n) is 23.2. The molecule has 10 heteroatoms. The number of hydrogen-bond acceptors (Lipinski definition) is 5. The summed E-state index contributed by atoms with van der Waals surface area (Å²) in [6.45, 7) is 6.74. The minimum Gasteiger partial charge on any atom is -0.494 e. The van der Waals surface area contributed by atoms with Gasteiger partial charge in [0.2, 0.25) is 11.8 Å². The third-order valence-corrected chi connectivity index (χ3v) is 8.30. The molecule has 0 fully saturated rings. The summed E-state index contributed by atoms with van der Waals surface area (Å²) in [4.78, 5) is 28.2. The molecule has 0 bridgehead atoms. The monoisotopic (exact) mass is 569 g/mol. The van der Waals surface area contributed by atoms with Crippen LogP contribution in [0.5, 0.6) is 5.75 Å². The summed E-state index contributed by atoms with van der Waals surface area (Å²) in [5.41, 5.74) is 0.445. The molecule has 0 unspecified atom stereocenters. The van der Waals surface area contributed by atoms with Crippen molar-refractivity contribution in [1.29, 1.82) is 0 Å². The van der Waals surface area contributed by atoms with Gasteiger partial charge in [0, 0.05) is 18.2 Å². The van der Waals surface area contributed by atoms with E-state index in [2.05, 4.69) is 5.32 Å². The zero-order chi connectivity index (χ0) is 29.3. The van der Waals surface area contributed by atoms with Crippen molar-refractivity contribution in [2.45, 2.75) is 57.6 Å². The maximum absolute atomic E-state index is 14.6. The van der Waals surface area contributed by atoms with Gasteiger partial charge in [-0.15, -0.1) is 0 Å². The Morgan fingerprint density at radius 2 is 1.55 bits per heavy atom. The van der Waals surface area contributed by atoms with Crippen LogP contribution in [0.4, 0.5) is 10.1 Å². The SMILES string of the molecule is CCOc1ccc(N(CC(=O)N(Cc2ccccc2F)[C@H](C)C(=O)N[C@H](C)CC)S(=O)(=O)c2ccccc2)cc1. The van der Waals surface area contributed by atoms with Crippen molar-refractivity contribution in [1.82, 2.24) is 10.2 Å². The molecule has 0 radical (unpaired) electrons. The van der Waals surface area contributed by atoms with Gasteiger partial charge in [0.05, 0.1) is 17.2 Å². The summed E-state index contributed by atoms with van der Waals surface area (Å²) >= 11 is 0. The lowest BCUT2D eigenvalue weighted by Gasteiger charge is -2.32. The Hall–Kier alpha value is -3.92. The molecular formula is C30H36FN3O5S. The van der Waals surface area contributed by atoms with Crippen molar-refractivity contribution in [3.05, 3.63) is 90.2 Å². The van der Waals surface area contributed by atoms with E-state index in [1.165, 1.54) is 35.2 Å². The molecule has 3 rings (SSSR count). The van der Waals surface area contributed by atoms with Crippen LogP contribution >= 0.6 is 0 Å². The summed E-state index contributed by atoms with van der Waals surface area (Å²) in [6.07, 6.45) is 0.681. The molecular weight excluding hydrogens is 533 g/mol. The predicted octanol–water partition coefficient (Wildman–Crippen LogP) is 4.75. The molecule has 2 amide bonds. The Morgan fingerprint density at radius 1 is 0.925 bits per heavy atom. The normalized spacial score (nSPS) is 12.7. The van der Waals surface area contributed by atoms with E-state index < -0.39 is 40.2 Å². The van der Waals surface area contributed by atoms with Gasteiger partial charge in [0.25, 0.3) is 10.0 Å². The fourth-order valence-electron chi connectivity index (χ4n) is 3.98. The van der Waals surface area contributed by atoms with Crippen LogP contribution in [0, 0.1) is 5.82 Å². The Kier molecular flexibility index (Phi) is 10.7. The first-order valence-corrected chi connectivity index (χ1v) is 14.7. The summed E-state index contributed by atoms with van der Waals surface area (Å²) in [7, 11) is -4.19. The minimum absolute atomic E-state index is 0.0000920. The van der Waals surface area contributed by atoms with Gasteiger partial charge in [0.15, 0.2) is 0 Å². The first-order chi connectivity index (χ1) is 19.1. The van der Waals surface area contributed by atoms with Crippen LogP contribution in [-0.2, 0) is 26.2 Å². The molecule has 3 aromatic carbocycles. The van der Waals surface area contributed by atoms with E-state index in [4.69, 9.17) is 4.74 Å². The maximum Gasteiger partial charge on any atom is 0.264 e. The molecule has 0 aliphatic carbocycles. The second-order valence-electron chi connectivity index (χ2n) is 9.36. The van der Waals surface area contributed by atoms with Gasteiger partial charge < -0.3 is 15.0 Å². The number of ether oxygens (including phenoxy) is 1. The Balaban J connectivity index is 2.02. The highest BCUT2D eigenvalue weighted by atomic mass is 32.2. The topological polar surface area (TPSA) is 96.0 Å². The number of benzene rings is 3.